The van der Waals surface area contributed by atoms with E-state index in [0.717, 1.165) is 16.5 Å². The summed E-state index contributed by atoms with van der Waals surface area (Å²) in [5.74, 6) is -0.124. The molecular formula is C21H24N4O6. The van der Waals surface area contributed by atoms with Gasteiger partial charge in [0.15, 0.2) is 5.82 Å². The molecule has 1 unspecified atom stereocenters. The van der Waals surface area contributed by atoms with Crippen LogP contribution in [-0.2, 0) is 42.6 Å². The Morgan fingerprint density at radius 1 is 1.26 bits per heavy atom. The van der Waals surface area contributed by atoms with Crippen molar-refractivity contribution >= 4 is 39.6 Å². The molecule has 1 aliphatic heterocycles. The predicted molar refractivity (Wildman–Crippen MR) is 111 cm³/mol. The number of nitrogens with one attached hydrogen (secondary N) is 1. The van der Waals surface area contributed by atoms with Crippen molar-refractivity contribution in [2.45, 2.75) is 32.6 Å². The third-order valence-corrected chi connectivity index (χ3v) is 5.20. The van der Waals surface area contributed by atoms with Gasteiger partial charge in [-0.3, -0.25) is 4.79 Å². The third kappa shape index (κ3) is 3.85. The number of benzene rings is 1. The molecule has 10 nitrogen and oxygen atoms in total. The number of rotatable bonds is 8. The number of hydrogen-bond donors (Lipinski definition) is 2. The third-order valence-electron chi connectivity index (χ3n) is 5.20. The molecule has 0 saturated carbocycles. The van der Waals surface area contributed by atoms with Crippen molar-refractivity contribution in [3.05, 3.63) is 29.6 Å². The molecule has 10 heteroatoms. The Morgan fingerprint density at radius 2 is 2.06 bits per heavy atom. The van der Waals surface area contributed by atoms with E-state index < -0.39 is 17.5 Å². The van der Waals surface area contributed by atoms with E-state index in [0.29, 0.717) is 30.0 Å². The van der Waals surface area contributed by atoms with E-state index in [1.54, 1.807) is 6.92 Å². The average molecular weight is 428 g/mol. The van der Waals surface area contributed by atoms with Gasteiger partial charge in [-0.25, -0.2) is 14.8 Å². The molecule has 1 aliphatic rings. The number of amides is 1. The smallest absolute Gasteiger partial charge is 0.331 e. The molecular weight excluding hydrogens is 404 g/mol. The lowest BCUT2D eigenvalue weighted by molar-refractivity contribution is -0.146. The van der Waals surface area contributed by atoms with Gasteiger partial charge in [0.2, 0.25) is 0 Å². The van der Waals surface area contributed by atoms with Crippen molar-refractivity contribution in [3.63, 3.8) is 0 Å². The number of carbonyl (C=O) groups excluding carboxylic acids is 2. The molecule has 0 spiro atoms. The summed E-state index contributed by atoms with van der Waals surface area (Å²) in [5, 5.41) is 14.6. The Bertz CT molecular complexity index is 1170. The summed E-state index contributed by atoms with van der Waals surface area (Å²) >= 11 is 0. The molecule has 0 aliphatic carbocycles. The van der Waals surface area contributed by atoms with Crippen molar-refractivity contribution in [2.75, 3.05) is 32.2 Å². The van der Waals surface area contributed by atoms with Crippen LogP contribution in [0.15, 0.2) is 18.2 Å². The van der Waals surface area contributed by atoms with Gasteiger partial charge < -0.3 is 29.2 Å². The normalized spacial score (nSPS) is 17.4. The Hall–Kier alpha value is -3.08. The fraction of sp³-hybridized carbons (Fsp3) is 0.429. The van der Waals surface area contributed by atoms with Gasteiger partial charge in [0.1, 0.15) is 36.8 Å². The largest absolute Gasteiger partial charge is 0.467 e. The Morgan fingerprint density at radius 3 is 2.81 bits per heavy atom. The van der Waals surface area contributed by atoms with Crippen LogP contribution >= 0.6 is 0 Å². The molecule has 31 heavy (non-hydrogen) atoms. The number of aromatic nitrogens is 3. The van der Waals surface area contributed by atoms with Crippen molar-refractivity contribution in [1.82, 2.24) is 14.5 Å². The Balaban J connectivity index is 1.77. The van der Waals surface area contributed by atoms with Crippen LogP contribution in [0.4, 0.5) is 5.82 Å². The fourth-order valence-corrected chi connectivity index (χ4v) is 3.83. The van der Waals surface area contributed by atoms with Gasteiger partial charge in [-0.1, -0.05) is 12.1 Å². The lowest BCUT2D eigenvalue weighted by atomic mass is 9.89. The number of nitrogens with zero attached hydrogens (tertiary/aromatic N) is 3. The quantitative estimate of drug-likeness (QED) is 0.517. The van der Waals surface area contributed by atoms with Crippen molar-refractivity contribution < 1.29 is 28.9 Å². The molecule has 1 atom stereocenters. The summed E-state index contributed by atoms with van der Waals surface area (Å²) in [4.78, 5) is 32.8. The van der Waals surface area contributed by atoms with E-state index in [-0.39, 0.29) is 25.6 Å². The zero-order chi connectivity index (χ0) is 22.2. The van der Waals surface area contributed by atoms with E-state index in [9.17, 15) is 14.7 Å². The van der Waals surface area contributed by atoms with Gasteiger partial charge in [0.25, 0.3) is 5.91 Å². The minimum Gasteiger partial charge on any atom is -0.467 e. The second-order valence-electron chi connectivity index (χ2n) is 7.50. The SMILES string of the molecule is CCOCc1nc2c(NC(=O)COCC(=O)OC)nc3cccc4c3c2n1CC4(C)O. The number of imidazole rings is 1. The van der Waals surface area contributed by atoms with Gasteiger partial charge >= 0.3 is 5.97 Å². The topological polar surface area (TPSA) is 125 Å². The highest BCUT2D eigenvalue weighted by Gasteiger charge is 2.35. The highest BCUT2D eigenvalue weighted by molar-refractivity contribution is 6.11. The van der Waals surface area contributed by atoms with E-state index >= 15 is 0 Å². The van der Waals surface area contributed by atoms with Crippen LogP contribution in [-0.4, -0.2) is 58.4 Å². The minimum atomic E-state index is -1.10. The zero-order valence-corrected chi connectivity index (χ0v) is 17.6. The molecule has 2 aromatic heterocycles. The summed E-state index contributed by atoms with van der Waals surface area (Å²) in [7, 11) is 1.24. The minimum absolute atomic E-state index is 0.264. The molecule has 1 aromatic carbocycles. The van der Waals surface area contributed by atoms with Crippen LogP contribution in [0.1, 0.15) is 25.2 Å². The molecule has 0 radical (unpaired) electrons. The van der Waals surface area contributed by atoms with Crippen molar-refractivity contribution in [1.29, 1.82) is 0 Å². The van der Waals surface area contributed by atoms with Crippen LogP contribution in [0.5, 0.6) is 0 Å². The monoisotopic (exact) mass is 428 g/mol. The molecule has 3 aromatic rings. The summed E-state index contributed by atoms with van der Waals surface area (Å²) in [6, 6.07) is 5.52. The van der Waals surface area contributed by atoms with E-state index in [1.165, 1.54) is 7.11 Å². The van der Waals surface area contributed by atoms with E-state index in [2.05, 4.69) is 20.0 Å². The maximum absolute atomic E-state index is 12.4. The number of pyridine rings is 1. The van der Waals surface area contributed by atoms with Crippen LogP contribution in [0.25, 0.3) is 21.9 Å². The molecule has 0 bridgehead atoms. The second kappa shape index (κ2) is 8.22. The Kier molecular flexibility index (Phi) is 5.61. The van der Waals surface area contributed by atoms with Gasteiger partial charge in [0.05, 0.1) is 24.7 Å². The standard InChI is InChI=1S/C21H24N4O6/c1-4-30-8-14-23-18-19-17-12(21(2,28)11-25(14)19)6-5-7-13(17)22-20(18)24-15(26)9-31-10-16(27)29-3/h5-7,28H,4,8-11H2,1-3H3,(H,22,24,26). The first kappa shape index (κ1) is 21.2. The second-order valence-corrected chi connectivity index (χ2v) is 7.50. The number of anilines is 1. The van der Waals surface area contributed by atoms with Crippen molar-refractivity contribution in [3.8, 4) is 0 Å². The molecule has 3 heterocycles. The highest BCUT2D eigenvalue weighted by atomic mass is 16.6. The lowest BCUT2D eigenvalue weighted by Gasteiger charge is -2.31. The first-order valence-corrected chi connectivity index (χ1v) is 9.92. The number of carbonyl (C=O) groups is 2. The average Bonchev–Trinajstić information content (AvgIpc) is 3.09. The molecule has 1 amide bonds. The summed E-state index contributed by atoms with van der Waals surface area (Å²) in [6.07, 6.45) is 0. The zero-order valence-electron chi connectivity index (χ0n) is 17.6. The number of hydrogen-bond acceptors (Lipinski definition) is 8. The number of aliphatic hydroxyl groups is 1. The first-order valence-electron chi connectivity index (χ1n) is 9.92. The maximum Gasteiger partial charge on any atom is 0.331 e. The van der Waals surface area contributed by atoms with Gasteiger partial charge in [-0.2, -0.15) is 0 Å². The van der Waals surface area contributed by atoms with Crippen LogP contribution in [0.3, 0.4) is 0 Å². The number of esters is 1. The van der Waals surface area contributed by atoms with E-state index in [4.69, 9.17) is 9.47 Å². The fourth-order valence-electron chi connectivity index (χ4n) is 3.83. The summed E-state index contributed by atoms with van der Waals surface area (Å²) < 4.78 is 17.0. The van der Waals surface area contributed by atoms with Crippen LogP contribution in [0, 0.1) is 0 Å². The first-order chi connectivity index (χ1) is 14.9. The summed E-state index contributed by atoms with van der Waals surface area (Å²) in [6.45, 7) is 4.08. The van der Waals surface area contributed by atoms with Crippen LogP contribution < -0.4 is 5.32 Å². The summed E-state index contributed by atoms with van der Waals surface area (Å²) in [5.41, 5.74) is 1.58. The van der Waals surface area contributed by atoms with Gasteiger partial charge in [-0.15, -0.1) is 0 Å². The highest BCUT2D eigenvalue weighted by Crippen LogP contribution is 2.41. The maximum atomic E-state index is 12.4. The number of ether oxygens (including phenoxy) is 3. The molecule has 164 valence electrons. The molecule has 0 fully saturated rings. The van der Waals surface area contributed by atoms with Crippen LogP contribution in [0.2, 0.25) is 0 Å². The van der Waals surface area contributed by atoms with Crippen molar-refractivity contribution in [2.24, 2.45) is 0 Å². The molecule has 0 saturated heterocycles. The molecule has 4 rings (SSSR count). The van der Waals surface area contributed by atoms with E-state index in [1.807, 2.05) is 29.7 Å². The number of methoxy groups -OCH3 is 1. The van der Waals surface area contributed by atoms with Gasteiger partial charge in [0, 0.05) is 12.0 Å². The predicted octanol–water partition coefficient (Wildman–Crippen LogP) is 1.47. The van der Waals surface area contributed by atoms with Gasteiger partial charge in [-0.05, 0) is 25.5 Å². The Labute approximate surface area is 178 Å². The lowest BCUT2D eigenvalue weighted by Crippen LogP contribution is -2.32. The molecule has 2 N–H and O–H groups in total.